The van der Waals surface area contributed by atoms with Crippen LogP contribution in [0, 0.1) is 19.7 Å². The molecule has 0 radical (unpaired) electrons. The summed E-state index contributed by atoms with van der Waals surface area (Å²) in [4.78, 5) is 24.9. The molecule has 0 spiro atoms. The van der Waals surface area contributed by atoms with Crippen LogP contribution in [0.5, 0.6) is 0 Å². The summed E-state index contributed by atoms with van der Waals surface area (Å²) in [6, 6.07) is 6.19. The molecule has 0 aliphatic rings. The molecule has 0 saturated heterocycles. The average molecular weight is 375 g/mol. The van der Waals surface area contributed by atoms with Crippen molar-refractivity contribution in [3.63, 3.8) is 0 Å². The summed E-state index contributed by atoms with van der Waals surface area (Å²) < 4.78 is 13.0. The number of benzene rings is 1. The molecule has 0 aliphatic heterocycles. The number of aryl methyl sites for hydroxylation is 2. The molecule has 2 heterocycles. The van der Waals surface area contributed by atoms with Crippen molar-refractivity contribution in [1.29, 1.82) is 0 Å². The third kappa shape index (κ3) is 3.99. The van der Waals surface area contributed by atoms with Gasteiger partial charge in [-0.15, -0.1) is 11.3 Å². The molecule has 0 saturated carbocycles. The van der Waals surface area contributed by atoms with E-state index in [2.05, 4.69) is 23.8 Å². The van der Waals surface area contributed by atoms with Crippen molar-refractivity contribution in [3.05, 3.63) is 52.4 Å². The van der Waals surface area contributed by atoms with Crippen molar-refractivity contribution >= 4 is 39.2 Å². The predicted molar refractivity (Wildman–Crippen MR) is 100 cm³/mol. The fourth-order valence-corrected chi connectivity index (χ4v) is 4.51. The first-order valence-electron chi connectivity index (χ1n) is 7.77. The monoisotopic (exact) mass is 375 g/mol. The molecule has 4 nitrogen and oxygen atoms in total. The molecule has 0 bridgehead atoms. The number of thiophene rings is 1. The number of amides is 1. The lowest BCUT2D eigenvalue weighted by molar-refractivity contribution is -0.127. The Kier molecular flexibility index (Phi) is 5.34. The first-order chi connectivity index (χ1) is 12.0. The van der Waals surface area contributed by atoms with E-state index in [0.717, 1.165) is 20.8 Å². The van der Waals surface area contributed by atoms with Crippen LogP contribution in [0.1, 0.15) is 16.0 Å². The molecule has 1 amide bonds. The molecule has 0 N–H and O–H groups in total. The van der Waals surface area contributed by atoms with Gasteiger partial charge in [-0.05, 0) is 37.1 Å². The van der Waals surface area contributed by atoms with Gasteiger partial charge in [-0.25, -0.2) is 14.4 Å². The van der Waals surface area contributed by atoms with Crippen molar-refractivity contribution in [2.24, 2.45) is 0 Å². The number of hydrogen-bond donors (Lipinski definition) is 0. The van der Waals surface area contributed by atoms with E-state index in [1.54, 1.807) is 41.7 Å². The Morgan fingerprint density at radius 1 is 1.24 bits per heavy atom. The lowest BCUT2D eigenvalue weighted by Crippen LogP contribution is -2.27. The zero-order valence-electron chi connectivity index (χ0n) is 14.2. The first kappa shape index (κ1) is 17.8. The van der Waals surface area contributed by atoms with Gasteiger partial charge in [0.15, 0.2) is 0 Å². The van der Waals surface area contributed by atoms with Crippen LogP contribution in [0.4, 0.5) is 4.39 Å². The van der Waals surface area contributed by atoms with Gasteiger partial charge in [0.25, 0.3) is 0 Å². The number of aromatic nitrogens is 2. The van der Waals surface area contributed by atoms with Crippen molar-refractivity contribution < 1.29 is 9.18 Å². The molecule has 0 unspecified atom stereocenters. The highest BCUT2D eigenvalue weighted by atomic mass is 32.2. The second-order valence-corrected chi connectivity index (χ2v) is 7.97. The third-order valence-electron chi connectivity index (χ3n) is 4.02. The van der Waals surface area contributed by atoms with E-state index in [0.29, 0.717) is 12.3 Å². The Labute approximate surface area is 154 Å². The summed E-state index contributed by atoms with van der Waals surface area (Å²) in [5, 5.41) is 1.89. The number of carbonyl (C=O) groups is 1. The minimum atomic E-state index is -0.275. The summed E-state index contributed by atoms with van der Waals surface area (Å²) in [7, 11) is 1.75. The van der Waals surface area contributed by atoms with Gasteiger partial charge in [-0.1, -0.05) is 23.9 Å². The topological polar surface area (TPSA) is 46.1 Å². The first-order valence-corrected chi connectivity index (χ1v) is 9.58. The number of rotatable bonds is 5. The van der Waals surface area contributed by atoms with Gasteiger partial charge in [0.2, 0.25) is 5.91 Å². The highest BCUT2D eigenvalue weighted by molar-refractivity contribution is 8.00. The average Bonchev–Trinajstić information content (AvgIpc) is 2.89. The Balaban J connectivity index is 1.67. The van der Waals surface area contributed by atoms with Crippen LogP contribution in [-0.2, 0) is 11.3 Å². The third-order valence-corrected chi connectivity index (χ3v) is 6.11. The van der Waals surface area contributed by atoms with Crippen LogP contribution in [0.2, 0.25) is 0 Å². The van der Waals surface area contributed by atoms with Gasteiger partial charge in [0, 0.05) is 23.9 Å². The van der Waals surface area contributed by atoms with Crippen LogP contribution in [0.15, 0.2) is 35.6 Å². The smallest absolute Gasteiger partial charge is 0.233 e. The molecule has 3 aromatic rings. The molecule has 130 valence electrons. The number of thioether (sulfide) groups is 1. The molecule has 1 aromatic carbocycles. The summed E-state index contributed by atoms with van der Waals surface area (Å²) in [5.74, 6) is 0.0335. The van der Waals surface area contributed by atoms with E-state index in [1.165, 1.54) is 34.3 Å². The molecular formula is C18H18FN3OS2. The second-order valence-electron chi connectivity index (χ2n) is 5.81. The molecule has 0 fully saturated rings. The Bertz CT molecular complexity index is 909. The largest absolute Gasteiger partial charge is 0.341 e. The van der Waals surface area contributed by atoms with Crippen LogP contribution in [-0.4, -0.2) is 33.6 Å². The number of nitrogens with zero attached hydrogens (tertiary/aromatic N) is 3. The van der Waals surface area contributed by atoms with Gasteiger partial charge >= 0.3 is 0 Å². The number of hydrogen-bond acceptors (Lipinski definition) is 5. The zero-order valence-corrected chi connectivity index (χ0v) is 15.9. The van der Waals surface area contributed by atoms with Crippen molar-refractivity contribution in [2.75, 3.05) is 12.8 Å². The van der Waals surface area contributed by atoms with E-state index in [9.17, 15) is 9.18 Å². The second kappa shape index (κ2) is 7.49. The van der Waals surface area contributed by atoms with Crippen molar-refractivity contribution in [1.82, 2.24) is 14.9 Å². The van der Waals surface area contributed by atoms with Crippen molar-refractivity contribution in [3.8, 4) is 0 Å². The van der Waals surface area contributed by atoms with E-state index in [1.807, 2.05) is 0 Å². The highest BCUT2D eigenvalue weighted by Crippen LogP contribution is 2.34. The predicted octanol–water partition coefficient (Wildman–Crippen LogP) is 4.20. The van der Waals surface area contributed by atoms with Crippen LogP contribution in [0.3, 0.4) is 0 Å². The SMILES string of the molecule is Cc1sc2ncnc(SCC(=O)N(C)Cc3ccc(F)cc3)c2c1C. The Morgan fingerprint density at radius 3 is 2.68 bits per heavy atom. The van der Waals surface area contributed by atoms with Gasteiger partial charge < -0.3 is 4.90 Å². The molecule has 2 aromatic heterocycles. The normalized spacial score (nSPS) is 11.0. The van der Waals surface area contributed by atoms with E-state index in [-0.39, 0.29) is 11.7 Å². The van der Waals surface area contributed by atoms with E-state index >= 15 is 0 Å². The minimum Gasteiger partial charge on any atom is -0.341 e. The summed E-state index contributed by atoms with van der Waals surface area (Å²) in [5.41, 5.74) is 2.08. The molecule has 0 aliphatic carbocycles. The van der Waals surface area contributed by atoms with Gasteiger partial charge in [-0.2, -0.15) is 0 Å². The Morgan fingerprint density at radius 2 is 1.96 bits per heavy atom. The highest BCUT2D eigenvalue weighted by Gasteiger charge is 2.15. The maximum Gasteiger partial charge on any atom is 0.233 e. The molecule has 3 rings (SSSR count). The zero-order chi connectivity index (χ0) is 18.0. The standard InChI is InChI=1S/C18H18FN3OS2/c1-11-12(2)25-18-16(11)17(20-10-21-18)24-9-15(23)22(3)8-13-4-6-14(19)7-5-13/h4-7,10H,8-9H2,1-3H3. The van der Waals surface area contributed by atoms with Gasteiger partial charge in [0.05, 0.1) is 5.75 Å². The minimum absolute atomic E-state index is 0.00527. The number of halogens is 1. The molecular weight excluding hydrogens is 357 g/mol. The summed E-state index contributed by atoms with van der Waals surface area (Å²) in [6.45, 7) is 4.58. The Hall–Kier alpha value is -1.99. The number of fused-ring (bicyclic) bond motifs is 1. The van der Waals surface area contributed by atoms with E-state index < -0.39 is 0 Å². The fraction of sp³-hybridized carbons (Fsp3) is 0.278. The van der Waals surface area contributed by atoms with Crippen molar-refractivity contribution in [2.45, 2.75) is 25.4 Å². The lowest BCUT2D eigenvalue weighted by Gasteiger charge is -2.17. The molecule has 0 atom stereocenters. The van der Waals surface area contributed by atoms with Crippen LogP contribution in [0.25, 0.3) is 10.2 Å². The number of carbonyl (C=O) groups excluding carboxylic acids is 1. The molecule has 7 heteroatoms. The fourth-order valence-electron chi connectivity index (χ4n) is 2.45. The van der Waals surface area contributed by atoms with E-state index in [4.69, 9.17) is 0 Å². The summed E-state index contributed by atoms with van der Waals surface area (Å²) >= 11 is 3.08. The van der Waals surface area contributed by atoms with Crippen LogP contribution >= 0.6 is 23.1 Å². The maximum atomic E-state index is 13.0. The lowest BCUT2D eigenvalue weighted by atomic mass is 10.2. The molecule has 25 heavy (non-hydrogen) atoms. The maximum absolute atomic E-state index is 13.0. The van der Waals surface area contributed by atoms with Crippen LogP contribution < -0.4 is 0 Å². The summed E-state index contributed by atoms with van der Waals surface area (Å²) in [6.07, 6.45) is 1.55. The quantitative estimate of drug-likeness (QED) is 0.495. The van der Waals surface area contributed by atoms with Gasteiger partial charge in [-0.3, -0.25) is 4.79 Å². The van der Waals surface area contributed by atoms with Gasteiger partial charge in [0.1, 0.15) is 22.0 Å².